The normalized spacial score (nSPS) is 20.4. The Labute approximate surface area is 563 Å². The molecule has 2 fully saturated rings. The van der Waals surface area contributed by atoms with Crippen LogP contribution in [-0.2, 0) is 78.2 Å². The van der Waals surface area contributed by atoms with Crippen molar-refractivity contribution < 1.29 is 90.8 Å². The van der Waals surface area contributed by atoms with Crippen LogP contribution in [0.3, 0.4) is 0 Å². The van der Waals surface area contributed by atoms with Crippen LogP contribution in [0.5, 0.6) is 0 Å². The molecule has 0 spiro atoms. The van der Waals surface area contributed by atoms with E-state index in [1.54, 1.807) is 141 Å². The van der Waals surface area contributed by atoms with Crippen molar-refractivity contribution in [3.05, 3.63) is 249 Å². The second-order valence-electron chi connectivity index (χ2n) is 25.3. The number of piperidine rings is 2. The molecule has 6 aromatic carbocycles. The highest BCUT2D eigenvalue weighted by atomic mass is 19.4. The first kappa shape index (κ1) is 75.1. The van der Waals surface area contributed by atoms with E-state index in [1.807, 2.05) is 6.07 Å². The molecule has 2 aliphatic heterocycles. The van der Waals surface area contributed by atoms with E-state index in [0.29, 0.717) is 52.9 Å². The van der Waals surface area contributed by atoms with Gasteiger partial charge in [0.2, 0.25) is 13.1 Å². The van der Waals surface area contributed by atoms with Gasteiger partial charge in [-0.1, -0.05) is 121 Å². The van der Waals surface area contributed by atoms with Crippen LogP contribution in [0, 0.1) is 13.1 Å². The van der Waals surface area contributed by atoms with Crippen LogP contribution in [-0.4, -0.2) is 93.4 Å². The minimum atomic E-state index is -5.06. The Morgan fingerprint density at radius 1 is 0.515 bits per heavy atom. The number of aromatic nitrogens is 3. The topological polar surface area (TPSA) is 155 Å². The smallest absolute Gasteiger partial charge is 0.416 e. The summed E-state index contributed by atoms with van der Waals surface area (Å²) in [6, 6.07) is 37.7. The summed E-state index contributed by atoms with van der Waals surface area (Å²) in [7, 11) is 0. The number of hydrogen-bond donors (Lipinski definition) is 1. The number of alkyl carbamates (subject to hydrolysis) is 1. The van der Waals surface area contributed by atoms with E-state index in [9.17, 15) is 67.1 Å². The van der Waals surface area contributed by atoms with Crippen molar-refractivity contribution in [3.8, 4) is 0 Å². The van der Waals surface area contributed by atoms with E-state index >= 15 is 0 Å². The summed E-state index contributed by atoms with van der Waals surface area (Å²) in [5.41, 5.74) is -9.92. The number of benzene rings is 6. The number of carbonyl (C=O) groups is 3. The average Bonchev–Trinajstić information content (AvgIpc) is 1.36. The molecule has 16 nitrogen and oxygen atoms in total. The van der Waals surface area contributed by atoms with Crippen LogP contribution in [0.15, 0.2) is 170 Å². The molecule has 1 N–H and O–H groups in total. The molecule has 1 aromatic heterocycles. The lowest BCUT2D eigenvalue weighted by atomic mass is 9.74. The fourth-order valence-electron chi connectivity index (χ4n) is 12.0. The molecule has 99 heavy (non-hydrogen) atoms. The number of nitrogens with zero attached hydrogens (tertiary/aromatic N) is 7. The zero-order chi connectivity index (χ0) is 72.2. The molecular formula is C71H70F12N8O8. The number of halogens is 12. The number of rotatable bonds is 18. The van der Waals surface area contributed by atoms with Gasteiger partial charge < -0.3 is 43.3 Å². The molecule has 2 saturated heterocycles. The summed E-state index contributed by atoms with van der Waals surface area (Å²) in [6.45, 7) is 21.5. The lowest BCUT2D eigenvalue weighted by Gasteiger charge is -2.52. The van der Waals surface area contributed by atoms with Gasteiger partial charge in [0.25, 0.3) is 0 Å². The van der Waals surface area contributed by atoms with Crippen LogP contribution in [0.2, 0.25) is 0 Å². The van der Waals surface area contributed by atoms with Crippen molar-refractivity contribution in [2.75, 3.05) is 39.4 Å². The fourth-order valence-corrected chi connectivity index (χ4v) is 12.0. The first-order valence-electron chi connectivity index (χ1n) is 31.0. The van der Waals surface area contributed by atoms with E-state index in [0.717, 1.165) is 0 Å². The summed E-state index contributed by atoms with van der Waals surface area (Å²) in [5.74, 6) is 0. The number of nitrogens with one attached hydrogen (secondary N) is 1. The quantitative estimate of drug-likeness (QED) is 0.0499. The molecule has 0 bridgehead atoms. The molecule has 7 aromatic rings. The van der Waals surface area contributed by atoms with E-state index in [-0.39, 0.29) is 88.5 Å². The van der Waals surface area contributed by atoms with E-state index in [2.05, 4.69) is 25.2 Å². The summed E-state index contributed by atoms with van der Waals surface area (Å²) < 4.78 is 195. The predicted molar refractivity (Wildman–Crippen MR) is 336 cm³/mol. The number of amides is 3. The Balaban J connectivity index is 0.000000253. The first-order valence-corrected chi connectivity index (χ1v) is 31.0. The van der Waals surface area contributed by atoms with Gasteiger partial charge in [-0.25, -0.2) is 27.5 Å². The molecule has 0 radical (unpaired) electrons. The molecule has 3 amide bonds. The molecule has 2 unspecified atom stereocenters. The number of alkyl halides is 12. The van der Waals surface area contributed by atoms with Gasteiger partial charge in [-0.15, -0.1) is 10.2 Å². The third-order valence-corrected chi connectivity index (χ3v) is 17.2. The van der Waals surface area contributed by atoms with Crippen LogP contribution < -0.4 is 5.32 Å². The monoisotopic (exact) mass is 1390 g/mol. The SMILES string of the molecule is [C-]#[N+]CC1(NC(=O)OC(C)(C)C)CC[C@@](CO[C@H](C)c2cc(C(F)(F)F)cc(C(F)(F)F)c2)(c2ccccc2)N(C(=O)OCc2ccccc2)C1.[C-]#[N+]CC1(n2cnnc2)CC[C@@](CO[C@H](C)c2cc(C(F)(F)F)cc(C(F)(F)F)c2)(c2ccccc2)N(C(=O)OCc2ccccc2)C1. The average molecular weight is 1390 g/mol. The number of hydrogen-bond acceptors (Lipinski definition) is 10. The van der Waals surface area contributed by atoms with Gasteiger partial charge in [-0.05, 0) is 130 Å². The Hall–Kier alpha value is -9.67. The zero-order valence-corrected chi connectivity index (χ0v) is 54.2. The van der Waals surface area contributed by atoms with Gasteiger partial charge in [-0.2, -0.15) is 52.7 Å². The first-order chi connectivity index (χ1) is 46.5. The molecular weight excluding hydrogens is 1320 g/mol. The zero-order valence-electron chi connectivity index (χ0n) is 54.2. The van der Waals surface area contributed by atoms with Gasteiger partial charge >= 0.3 is 43.0 Å². The Kier molecular flexibility index (Phi) is 23.2. The van der Waals surface area contributed by atoms with Gasteiger partial charge in [-0.3, -0.25) is 9.80 Å². The van der Waals surface area contributed by atoms with Crippen molar-refractivity contribution >= 4 is 18.3 Å². The number of ether oxygens (including phenoxy) is 5. The lowest BCUT2D eigenvalue weighted by molar-refractivity contribution is -0.145. The molecule has 526 valence electrons. The molecule has 9 rings (SSSR count). The Morgan fingerprint density at radius 3 is 1.24 bits per heavy atom. The van der Waals surface area contributed by atoms with E-state index < -0.39 is 112 Å². The molecule has 2 aliphatic rings. The second kappa shape index (κ2) is 30.6. The highest BCUT2D eigenvalue weighted by Gasteiger charge is 2.56. The van der Waals surface area contributed by atoms with E-state index in [4.69, 9.17) is 36.8 Å². The standard InChI is InChI=1S/C37H39F6N3O5.C34H31F6N5O3/c1-25(27-18-29(36(38,39)40)20-30(19-27)37(41,42)43)50-24-35(28-14-10-7-11-15-28)17-16-34(22-44-5,45-31(47)51-33(2,3)4)23-46(35)32(48)49-21-26-12-8-6-9-13-26;1-24(26-15-28(33(35,36)37)17-29(16-26)34(38,39)40)48-21-32(27-11-7-4-8-12-27)14-13-31(19-41-2,44-22-42-43-23-44)20-45(32)30(46)47-18-25-9-5-3-6-10-25/h6-15,18-20,25H,16-17,21-24H2,1-4H3,(H,45,47);3-12,15-17,22-24H,13-14,18-21H2,1H3/t25-,34?,35-;24-,31?,32-/m11/s1. The van der Waals surface area contributed by atoms with Crippen LogP contribution in [0.25, 0.3) is 9.69 Å². The summed E-state index contributed by atoms with van der Waals surface area (Å²) in [5, 5.41) is 10.6. The predicted octanol–water partition coefficient (Wildman–Crippen LogP) is 17.3. The highest BCUT2D eigenvalue weighted by Crippen LogP contribution is 2.48. The molecule has 0 saturated carbocycles. The largest absolute Gasteiger partial charge is 0.445 e. The fraction of sp³-hybridized carbons (Fsp3) is 0.394. The van der Waals surface area contributed by atoms with Crippen molar-refractivity contribution in [2.24, 2.45) is 0 Å². The maximum atomic E-state index is 14.2. The maximum Gasteiger partial charge on any atom is 0.416 e. The van der Waals surface area contributed by atoms with Crippen molar-refractivity contribution in [2.45, 2.75) is 138 Å². The Morgan fingerprint density at radius 2 is 0.879 bits per heavy atom. The molecule has 28 heteroatoms. The molecule has 0 aliphatic carbocycles. The minimum absolute atomic E-state index is 0.0416. The number of likely N-dealkylation sites (tertiary alicyclic amines) is 2. The Bertz CT molecular complexity index is 3880. The van der Waals surface area contributed by atoms with Gasteiger partial charge in [0.15, 0.2) is 0 Å². The number of carbonyl (C=O) groups excluding carboxylic acids is 3. The lowest BCUT2D eigenvalue weighted by Crippen LogP contribution is -2.68. The highest BCUT2D eigenvalue weighted by molar-refractivity contribution is 5.72. The summed E-state index contributed by atoms with van der Waals surface area (Å²) in [4.78, 5) is 51.3. The summed E-state index contributed by atoms with van der Waals surface area (Å²) in [6.07, 6.45) is -21.5. The van der Waals surface area contributed by atoms with Crippen molar-refractivity contribution in [1.29, 1.82) is 0 Å². The second-order valence-corrected chi connectivity index (χ2v) is 25.3. The molecule has 6 atom stereocenters. The maximum absolute atomic E-state index is 14.2. The van der Waals surface area contributed by atoms with Crippen LogP contribution >= 0.6 is 0 Å². The van der Waals surface area contributed by atoms with Gasteiger partial charge in [0.05, 0.1) is 71.8 Å². The third-order valence-electron chi connectivity index (χ3n) is 17.2. The van der Waals surface area contributed by atoms with Crippen molar-refractivity contribution in [3.63, 3.8) is 0 Å². The van der Waals surface area contributed by atoms with Gasteiger partial charge in [0, 0.05) is 0 Å². The summed E-state index contributed by atoms with van der Waals surface area (Å²) >= 11 is 0. The van der Waals surface area contributed by atoms with Crippen LogP contribution in [0.4, 0.5) is 67.1 Å². The van der Waals surface area contributed by atoms with Crippen molar-refractivity contribution in [1.82, 2.24) is 29.9 Å². The van der Waals surface area contributed by atoms with Gasteiger partial charge in [0.1, 0.15) is 42.5 Å². The molecule has 3 heterocycles. The third kappa shape index (κ3) is 18.8. The minimum Gasteiger partial charge on any atom is -0.445 e. The van der Waals surface area contributed by atoms with Crippen LogP contribution in [0.1, 0.15) is 128 Å². The van der Waals surface area contributed by atoms with E-state index in [1.165, 1.54) is 36.3 Å².